The van der Waals surface area contributed by atoms with Crippen LogP contribution in [0, 0.1) is 35.5 Å². The Kier molecular flexibility index (Phi) is 12.6. The van der Waals surface area contributed by atoms with Crippen LogP contribution in [0.4, 0.5) is 0 Å². The number of hydrogen-bond donors (Lipinski definition) is 1. The first kappa shape index (κ1) is 30.7. The van der Waals surface area contributed by atoms with Gasteiger partial charge < -0.3 is 0 Å². The predicted molar refractivity (Wildman–Crippen MR) is 137 cm³/mol. The van der Waals surface area contributed by atoms with Gasteiger partial charge in [0.05, 0.1) is 0 Å². The molecule has 4 fully saturated rings. The zero-order chi connectivity index (χ0) is 26.9. The van der Waals surface area contributed by atoms with Gasteiger partial charge in [-0.15, -0.1) is 0 Å². The van der Waals surface area contributed by atoms with Crippen molar-refractivity contribution in [2.75, 3.05) is 13.2 Å². The normalized spacial score (nSPS) is 37.2. The maximum atomic E-state index is 13.0. The molecule has 0 spiro atoms. The number of aliphatic hydroxyl groups excluding tert-OH is 1. The quantitative estimate of drug-likeness (QED) is 0.195. The van der Waals surface area contributed by atoms with E-state index in [9.17, 15) is 22.4 Å². The molecule has 4 rings (SSSR count). The molecule has 0 aromatic heterocycles. The first-order chi connectivity index (χ1) is 18.4. The molecule has 1 N–H and O–H groups in total. The molecule has 0 heterocycles. The van der Waals surface area contributed by atoms with Crippen LogP contribution in [0.1, 0.15) is 103 Å². The molecule has 0 unspecified atom stereocenters. The number of esters is 1. The standard InChI is InChI=1S/C15H24O2.C8H15O.C7H11O.2Co.2O/c1-12-7-9-13(10-8-12)11-17-15(16)14-5-3-2-4-6-14;1-7-2-4-8(6-9)5-3-7;8-6-7-4-2-1-3-5-7;;;;/h2,12-14H,1,3-11H2;7-9H,1-6H2;1,6-7H,2-5H2;;;;. The summed E-state index contributed by atoms with van der Waals surface area (Å²) in [7, 11) is 0. The van der Waals surface area contributed by atoms with Crippen molar-refractivity contribution in [3.63, 3.8) is 0 Å². The van der Waals surface area contributed by atoms with E-state index in [0.717, 1.165) is 120 Å². The molecule has 0 amide bonds. The van der Waals surface area contributed by atoms with Crippen molar-refractivity contribution in [2.24, 2.45) is 35.5 Å². The Morgan fingerprint density at radius 1 is 0.658 bits per heavy atom. The number of hydrogen-bond acceptors (Lipinski definition) is 6. The third-order valence-electron chi connectivity index (χ3n) is 9.74. The van der Waals surface area contributed by atoms with Crippen LogP contribution < -0.4 is 0 Å². The summed E-state index contributed by atoms with van der Waals surface area (Å²) in [6, 6.07) is 0. The van der Waals surface area contributed by atoms with E-state index in [-0.39, 0.29) is 29.3 Å². The minimum absolute atomic E-state index is 0.0381. The van der Waals surface area contributed by atoms with E-state index in [1.54, 1.807) is 0 Å². The van der Waals surface area contributed by atoms with Crippen molar-refractivity contribution < 1.29 is 54.3 Å². The van der Waals surface area contributed by atoms with E-state index in [1.807, 2.05) is 0 Å². The molecule has 0 radical (unpaired) electrons. The summed E-state index contributed by atoms with van der Waals surface area (Å²) in [6.07, 6.45) is 16.7. The van der Waals surface area contributed by atoms with Crippen LogP contribution in [0.15, 0.2) is 0 Å². The summed E-state index contributed by atoms with van der Waals surface area (Å²) in [5, 5.41) is 11.0. The zero-order valence-electron chi connectivity index (χ0n) is 23.0. The fraction of sp³-hybridized carbons (Fsp3) is 0.933. The first-order valence-electron chi connectivity index (χ1n) is 15.2. The van der Waals surface area contributed by atoms with Crippen molar-refractivity contribution in [1.82, 2.24) is 0 Å². The molecule has 0 atom stereocenters. The van der Waals surface area contributed by atoms with Crippen molar-refractivity contribution in [1.29, 1.82) is 0 Å². The third kappa shape index (κ3) is 9.11. The molecular weight excluding hydrogens is 574 g/mol. The predicted octanol–water partition coefficient (Wildman–Crippen LogP) is 7.06. The van der Waals surface area contributed by atoms with Gasteiger partial charge in [0, 0.05) is 0 Å². The summed E-state index contributed by atoms with van der Waals surface area (Å²) in [5.74, 6) is 2.01. The Morgan fingerprint density at radius 3 is 1.58 bits per heavy atom. The van der Waals surface area contributed by atoms with Crippen LogP contribution in [-0.4, -0.2) is 30.6 Å². The van der Waals surface area contributed by atoms with Crippen LogP contribution in [0.25, 0.3) is 0 Å². The number of rotatable bonds is 11. The summed E-state index contributed by atoms with van der Waals surface area (Å²) < 4.78 is 31.6. The third-order valence-corrected chi connectivity index (χ3v) is 14.9. The van der Waals surface area contributed by atoms with Gasteiger partial charge in [0.2, 0.25) is 0 Å². The Hall–Kier alpha value is -0.287. The molecule has 4 aliphatic carbocycles. The molecule has 8 heteroatoms. The van der Waals surface area contributed by atoms with Crippen molar-refractivity contribution in [3.8, 4) is 0 Å². The first-order valence-corrected chi connectivity index (χ1v) is 18.7. The van der Waals surface area contributed by atoms with E-state index in [2.05, 4.69) is 0 Å². The molecule has 6 nitrogen and oxygen atoms in total. The number of aldehydes is 1. The van der Waals surface area contributed by atoms with Gasteiger partial charge >= 0.3 is 238 Å². The van der Waals surface area contributed by atoms with Crippen LogP contribution >= 0.6 is 0 Å². The molecule has 224 valence electrons. The van der Waals surface area contributed by atoms with Crippen molar-refractivity contribution in [2.45, 2.75) is 123 Å². The topological polar surface area (TPSA) is 97.7 Å². The fourth-order valence-corrected chi connectivity index (χ4v) is 11.7. The van der Waals surface area contributed by atoms with Gasteiger partial charge in [0.15, 0.2) is 0 Å². The molecule has 0 aromatic rings. The molecule has 0 aliphatic heterocycles. The molecule has 4 saturated carbocycles. The van der Waals surface area contributed by atoms with Gasteiger partial charge in [-0.05, 0) is 0 Å². The van der Waals surface area contributed by atoms with E-state index < -0.39 is 27.2 Å². The SMILES string of the molecule is O=CC1CC[CH]([Co](=[O])[CH2]C2CCC(COC(=O)C3CC[CH]([Co](=[O])[CH2]C4CCC(CO)CC4)CC3)CC2)CC1. The summed E-state index contributed by atoms with van der Waals surface area (Å²) in [6.45, 7) is 0.798. The van der Waals surface area contributed by atoms with Crippen molar-refractivity contribution >= 4 is 12.3 Å². The van der Waals surface area contributed by atoms with E-state index in [1.165, 1.54) is 0 Å². The van der Waals surface area contributed by atoms with Crippen LogP contribution in [-0.2, 0) is 49.2 Å². The summed E-state index contributed by atoms with van der Waals surface area (Å²) in [4.78, 5) is 24.3. The Morgan fingerprint density at radius 2 is 1.11 bits per heavy atom. The zero-order valence-corrected chi connectivity index (χ0v) is 25.1. The van der Waals surface area contributed by atoms with Crippen LogP contribution in [0.3, 0.4) is 0 Å². The molecule has 0 bridgehead atoms. The molecule has 38 heavy (non-hydrogen) atoms. The monoisotopic (exact) mass is 624 g/mol. The number of ether oxygens (including phenoxy) is 1. The summed E-state index contributed by atoms with van der Waals surface area (Å²) >= 11 is -2.35. The van der Waals surface area contributed by atoms with Crippen LogP contribution in [0.2, 0.25) is 20.4 Å². The number of aliphatic hydroxyl groups is 1. The Balaban J connectivity index is 1.07. The maximum absolute atomic E-state index is 13.0. The molecular formula is C30H50Co2O6. The van der Waals surface area contributed by atoms with E-state index >= 15 is 0 Å². The van der Waals surface area contributed by atoms with Gasteiger partial charge in [0.1, 0.15) is 0 Å². The Labute approximate surface area is 237 Å². The molecule has 0 aromatic carbocycles. The second kappa shape index (κ2) is 15.6. The second-order valence-electron chi connectivity index (χ2n) is 12.5. The van der Waals surface area contributed by atoms with Gasteiger partial charge in [-0.3, -0.25) is 0 Å². The number of carbonyl (C=O) groups is 2. The van der Waals surface area contributed by atoms with Gasteiger partial charge in [0.25, 0.3) is 0 Å². The van der Waals surface area contributed by atoms with E-state index in [4.69, 9.17) is 4.74 Å². The number of carbonyl (C=O) groups excluding carboxylic acids is 2. The van der Waals surface area contributed by atoms with Crippen LogP contribution in [0.5, 0.6) is 0 Å². The van der Waals surface area contributed by atoms with Crippen molar-refractivity contribution in [3.05, 3.63) is 0 Å². The van der Waals surface area contributed by atoms with E-state index in [0.29, 0.717) is 35.1 Å². The van der Waals surface area contributed by atoms with Gasteiger partial charge in [-0.2, -0.15) is 0 Å². The average molecular weight is 625 g/mol. The minimum atomic E-state index is -1.19. The Bertz CT molecular complexity index is 787. The van der Waals surface area contributed by atoms with Gasteiger partial charge in [-0.1, -0.05) is 0 Å². The summed E-state index contributed by atoms with van der Waals surface area (Å²) in [5.41, 5.74) is 0. The van der Waals surface area contributed by atoms with Gasteiger partial charge in [-0.25, -0.2) is 0 Å². The fourth-order valence-electron chi connectivity index (χ4n) is 6.91. The second-order valence-corrected chi connectivity index (χ2v) is 17.0. The average Bonchev–Trinajstić information content (AvgIpc) is 2.97. The molecule has 4 aliphatic rings. The molecule has 0 saturated heterocycles.